The Morgan fingerprint density at radius 3 is 2.42 bits per heavy atom. The maximum absolute atomic E-state index is 13.2. The highest BCUT2D eigenvalue weighted by atomic mass is 32.2. The lowest BCUT2D eigenvalue weighted by molar-refractivity contribution is -0.140. The summed E-state index contributed by atoms with van der Waals surface area (Å²) in [5.74, 6) is -0.568. The minimum absolute atomic E-state index is 0.116. The summed E-state index contributed by atoms with van der Waals surface area (Å²) in [4.78, 5) is 21.4. The van der Waals surface area contributed by atoms with Crippen molar-refractivity contribution >= 4 is 44.3 Å². The minimum atomic E-state index is -4.51. The fourth-order valence-electron chi connectivity index (χ4n) is 3.53. The first-order chi connectivity index (χ1) is 16.9. The number of carbonyl (C=O) groups is 1. The first-order valence-corrected chi connectivity index (χ1v) is 13.4. The molecule has 0 spiro atoms. The van der Waals surface area contributed by atoms with E-state index in [0.717, 1.165) is 34.1 Å². The Bertz CT molecular complexity index is 1540. The molecule has 4 rings (SSSR count). The molecule has 2 aromatic carbocycles. The van der Waals surface area contributed by atoms with Crippen LogP contribution in [-0.2, 0) is 22.0 Å². The summed E-state index contributed by atoms with van der Waals surface area (Å²) >= 11 is 0.922. The number of hydrogen-bond acceptors (Lipinski definition) is 6. The molecule has 186 valence electrons. The van der Waals surface area contributed by atoms with Gasteiger partial charge in [-0.1, -0.05) is 18.2 Å². The van der Waals surface area contributed by atoms with E-state index in [-0.39, 0.29) is 22.0 Å². The molecule has 0 N–H and O–H groups in total. The fourth-order valence-corrected chi connectivity index (χ4v) is 5.41. The van der Waals surface area contributed by atoms with Crippen LogP contribution in [0, 0.1) is 6.92 Å². The van der Waals surface area contributed by atoms with Crippen LogP contribution < -0.4 is 4.31 Å². The Morgan fingerprint density at radius 2 is 1.75 bits per heavy atom. The summed E-state index contributed by atoms with van der Waals surface area (Å²) in [5, 5.41) is 0.536. The number of thioether (sulfide) groups is 1. The van der Waals surface area contributed by atoms with Gasteiger partial charge in [-0.2, -0.15) is 13.2 Å². The molecule has 1 amide bonds. The largest absolute Gasteiger partial charge is 0.419 e. The van der Waals surface area contributed by atoms with Crippen LogP contribution in [0.4, 0.5) is 18.9 Å². The van der Waals surface area contributed by atoms with Crippen molar-refractivity contribution < 1.29 is 26.4 Å². The number of sulfonamides is 1. The Morgan fingerprint density at radius 1 is 1.03 bits per heavy atom. The number of benzene rings is 2. The molecule has 11 heteroatoms. The van der Waals surface area contributed by atoms with E-state index in [9.17, 15) is 26.4 Å². The van der Waals surface area contributed by atoms with Gasteiger partial charge in [0.1, 0.15) is 5.03 Å². The van der Waals surface area contributed by atoms with Crippen LogP contribution in [0.5, 0.6) is 0 Å². The van der Waals surface area contributed by atoms with E-state index in [1.54, 1.807) is 36.4 Å². The van der Waals surface area contributed by atoms with E-state index < -0.39 is 27.7 Å². The number of halogens is 3. The van der Waals surface area contributed by atoms with E-state index >= 15 is 0 Å². The average Bonchev–Trinajstić information content (AvgIpc) is 2.82. The predicted molar refractivity (Wildman–Crippen MR) is 133 cm³/mol. The molecule has 0 radical (unpaired) electrons. The van der Waals surface area contributed by atoms with Gasteiger partial charge in [-0.15, -0.1) is 11.8 Å². The number of pyridine rings is 2. The average molecular weight is 532 g/mol. The van der Waals surface area contributed by atoms with Crippen molar-refractivity contribution in [1.82, 2.24) is 9.97 Å². The molecule has 0 saturated heterocycles. The van der Waals surface area contributed by atoms with Crippen LogP contribution >= 0.6 is 11.8 Å². The van der Waals surface area contributed by atoms with Crippen LogP contribution in [0.3, 0.4) is 0 Å². The number of fused-ring (bicyclic) bond motifs is 1. The molecular weight excluding hydrogens is 511 g/mol. The molecule has 36 heavy (non-hydrogen) atoms. The standard InChI is InChI=1S/C25H20F3N3O3S2/c1-16-5-8-19-14-20(11-12-22(19)30-16)31(36(2,33)34)24(32)18-9-6-17(7-10-18)15-35-23-21(25(26,27)28)4-3-13-29-23/h3-14H,15H2,1-2H3. The summed E-state index contributed by atoms with van der Waals surface area (Å²) in [6.07, 6.45) is -2.28. The monoisotopic (exact) mass is 531 g/mol. The third kappa shape index (κ3) is 5.68. The second kappa shape index (κ2) is 9.90. The first-order valence-electron chi connectivity index (χ1n) is 10.6. The van der Waals surface area contributed by atoms with E-state index in [1.165, 1.54) is 30.5 Å². The lowest BCUT2D eigenvalue weighted by atomic mass is 10.1. The highest BCUT2D eigenvalue weighted by Gasteiger charge is 2.34. The zero-order valence-electron chi connectivity index (χ0n) is 19.2. The maximum atomic E-state index is 13.2. The number of anilines is 1. The van der Waals surface area contributed by atoms with Gasteiger partial charge in [0.25, 0.3) is 5.91 Å². The summed E-state index contributed by atoms with van der Waals surface area (Å²) < 4.78 is 65.4. The molecule has 2 heterocycles. The Kier molecular flexibility index (Phi) is 7.05. The molecule has 0 aliphatic carbocycles. The number of aromatic nitrogens is 2. The molecular formula is C25H20F3N3O3S2. The molecule has 0 bridgehead atoms. The van der Waals surface area contributed by atoms with Crippen molar-refractivity contribution in [2.24, 2.45) is 0 Å². The molecule has 6 nitrogen and oxygen atoms in total. The number of alkyl halides is 3. The quantitative estimate of drug-likeness (QED) is 0.290. The molecule has 0 fully saturated rings. The van der Waals surface area contributed by atoms with Crippen molar-refractivity contribution in [2.75, 3.05) is 10.6 Å². The molecule has 0 saturated carbocycles. The highest BCUT2D eigenvalue weighted by molar-refractivity contribution is 7.98. The van der Waals surface area contributed by atoms with Gasteiger partial charge in [0.05, 0.1) is 23.0 Å². The van der Waals surface area contributed by atoms with Crippen molar-refractivity contribution in [3.8, 4) is 0 Å². The number of aryl methyl sites for hydroxylation is 1. The van der Waals surface area contributed by atoms with E-state index in [1.807, 2.05) is 6.92 Å². The normalized spacial score (nSPS) is 12.0. The topological polar surface area (TPSA) is 80.2 Å². The van der Waals surface area contributed by atoms with Crippen LogP contribution in [0.25, 0.3) is 10.9 Å². The summed E-state index contributed by atoms with van der Waals surface area (Å²) in [6, 6.07) is 16.6. The van der Waals surface area contributed by atoms with Crippen LogP contribution in [-0.4, -0.2) is 30.5 Å². The zero-order chi connectivity index (χ0) is 26.1. The number of carbonyl (C=O) groups excluding carboxylic acids is 1. The van der Waals surface area contributed by atoms with E-state index in [0.29, 0.717) is 16.5 Å². The van der Waals surface area contributed by atoms with Crippen LogP contribution in [0.2, 0.25) is 0 Å². The summed E-state index contributed by atoms with van der Waals surface area (Å²) in [7, 11) is -3.97. The molecule has 0 aliphatic heterocycles. The molecule has 0 unspecified atom stereocenters. The lowest BCUT2D eigenvalue weighted by Gasteiger charge is -2.21. The first kappa shape index (κ1) is 25.6. The van der Waals surface area contributed by atoms with Crippen LogP contribution in [0.15, 0.2) is 78.0 Å². The number of rotatable bonds is 6. The van der Waals surface area contributed by atoms with Crippen LogP contribution in [0.1, 0.15) is 27.2 Å². The van der Waals surface area contributed by atoms with E-state index in [2.05, 4.69) is 9.97 Å². The molecule has 0 atom stereocenters. The summed E-state index contributed by atoms with van der Waals surface area (Å²) in [5.41, 5.74) is 1.60. The lowest BCUT2D eigenvalue weighted by Crippen LogP contribution is -2.36. The second-order valence-electron chi connectivity index (χ2n) is 8.00. The Labute approximate surface area is 210 Å². The van der Waals surface area contributed by atoms with Gasteiger partial charge in [-0.3, -0.25) is 9.78 Å². The third-order valence-corrected chi connectivity index (χ3v) is 7.33. The van der Waals surface area contributed by atoms with E-state index in [4.69, 9.17) is 0 Å². The maximum Gasteiger partial charge on any atom is 0.419 e. The molecule has 2 aromatic heterocycles. The van der Waals surface area contributed by atoms with Crippen molar-refractivity contribution in [1.29, 1.82) is 0 Å². The van der Waals surface area contributed by atoms with Gasteiger partial charge >= 0.3 is 6.18 Å². The molecule has 0 aliphatic rings. The van der Waals surface area contributed by atoms with Gasteiger partial charge in [-0.05, 0) is 61.0 Å². The second-order valence-corrected chi connectivity index (χ2v) is 10.8. The SMILES string of the molecule is Cc1ccc2cc(N(C(=O)c3ccc(CSc4ncccc4C(F)(F)F)cc3)S(C)(=O)=O)ccc2n1. The summed E-state index contributed by atoms with van der Waals surface area (Å²) in [6.45, 7) is 1.84. The van der Waals surface area contributed by atoms with Crippen molar-refractivity contribution in [3.63, 3.8) is 0 Å². The van der Waals surface area contributed by atoms with Gasteiger partial charge in [0, 0.05) is 28.6 Å². The Balaban J connectivity index is 1.57. The number of hydrogen-bond donors (Lipinski definition) is 0. The van der Waals surface area contributed by atoms with Gasteiger partial charge in [-0.25, -0.2) is 17.7 Å². The number of nitrogens with zero attached hydrogens (tertiary/aromatic N) is 3. The fraction of sp³-hybridized carbons (Fsp3) is 0.160. The zero-order valence-corrected chi connectivity index (χ0v) is 20.8. The van der Waals surface area contributed by atoms with Crippen molar-refractivity contribution in [2.45, 2.75) is 23.9 Å². The van der Waals surface area contributed by atoms with Gasteiger partial charge < -0.3 is 0 Å². The van der Waals surface area contributed by atoms with Crippen molar-refractivity contribution in [3.05, 3.63) is 95.3 Å². The highest BCUT2D eigenvalue weighted by Crippen LogP contribution is 2.36. The number of amides is 1. The Hall–Kier alpha value is -3.44. The minimum Gasteiger partial charge on any atom is -0.268 e. The predicted octanol–water partition coefficient (Wildman–Crippen LogP) is 5.86. The third-order valence-electron chi connectivity index (χ3n) is 5.22. The van der Waals surface area contributed by atoms with Gasteiger partial charge in [0.15, 0.2) is 0 Å². The van der Waals surface area contributed by atoms with Gasteiger partial charge in [0.2, 0.25) is 10.0 Å². The molecule has 4 aromatic rings. The smallest absolute Gasteiger partial charge is 0.268 e.